The minimum Gasteiger partial charge on any atom is -0.480 e. The van der Waals surface area contributed by atoms with Gasteiger partial charge in [-0.2, -0.15) is 0 Å². The van der Waals surface area contributed by atoms with Crippen LogP contribution in [0.15, 0.2) is 0 Å². The van der Waals surface area contributed by atoms with Crippen molar-refractivity contribution in [3.05, 3.63) is 0 Å². The molecule has 0 radical (unpaired) electrons. The van der Waals surface area contributed by atoms with Gasteiger partial charge in [0.25, 0.3) is 0 Å². The summed E-state index contributed by atoms with van der Waals surface area (Å²) in [5.74, 6) is -0.990. The number of likely N-dealkylation sites (N-methyl/N-ethyl adjacent to an activating group) is 1. The van der Waals surface area contributed by atoms with Gasteiger partial charge in [-0.1, -0.05) is 0 Å². The van der Waals surface area contributed by atoms with Gasteiger partial charge in [0.2, 0.25) is 0 Å². The molecule has 1 rings (SSSR count). The predicted molar refractivity (Wildman–Crippen MR) is 65.6 cm³/mol. The topological polar surface area (TPSA) is 73.3 Å². The molecule has 1 heterocycles. The lowest BCUT2D eigenvalue weighted by Crippen LogP contribution is -2.50. The van der Waals surface area contributed by atoms with Crippen molar-refractivity contribution in [1.82, 2.24) is 14.7 Å². The molecular weight excluding hydrogens is 238 g/mol. The van der Waals surface area contributed by atoms with Crippen LogP contribution in [0.4, 0.5) is 4.79 Å². The molecule has 1 N–H and O–H groups in total. The third-order valence-corrected chi connectivity index (χ3v) is 2.70. The summed E-state index contributed by atoms with van der Waals surface area (Å²) in [6.45, 7) is 2.87. The smallest absolute Gasteiger partial charge is 0.323 e. The van der Waals surface area contributed by atoms with Crippen molar-refractivity contribution in [3.8, 4) is 0 Å². The molecule has 0 saturated carbocycles. The summed E-state index contributed by atoms with van der Waals surface area (Å²) in [6.07, 6.45) is 0. The van der Waals surface area contributed by atoms with Gasteiger partial charge in [0, 0.05) is 26.2 Å². The van der Waals surface area contributed by atoms with E-state index >= 15 is 0 Å². The van der Waals surface area contributed by atoms with Crippen LogP contribution in [0.3, 0.4) is 0 Å². The Hall–Kier alpha value is -1.34. The number of ether oxygens (including phenoxy) is 1. The van der Waals surface area contributed by atoms with Crippen LogP contribution < -0.4 is 0 Å². The first-order valence-electron chi connectivity index (χ1n) is 5.99. The van der Waals surface area contributed by atoms with Crippen molar-refractivity contribution < 1.29 is 19.4 Å². The van der Waals surface area contributed by atoms with Crippen molar-refractivity contribution in [2.24, 2.45) is 0 Å². The molecule has 1 saturated heterocycles. The van der Waals surface area contributed by atoms with Crippen molar-refractivity contribution in [3.63, 3.8) is 0 Å². The predicted octanol–water partition coefficient (Wildman–Crippen LogP) is -0.613. The van der Waals surface area contributed by atoms with Gasteiger partial charge in [-0.05, 0) is 14.1 Å². The molecule has 18 heavy (non-hydrogen) atoms. The zero-order valence-electron chi connectivity index (χ0n) is 11.0. The fourth-order valence-corrected chi connectivity index (χ4v) is 1.68. The first kappa shape index (κ1) is 14.7. The van der Waals surface area contributed by atoms with Crippen molar-refractivity contribution in [2.75, 3.05) is 60.0 Å². The zero-order valence-corrected chi connectivity index (χ0v) is 11.0. The number of hydrogen-bond acceptors (Lipinski definition) is 4. The normalized spacial score (nSPS) is 15.8. The maximum Gasteiger partial charge on any atom is 0.323 e. The SMILES string of the molecule is CN(C)CCN(CC(=O)O)C(=O)N1CCOCC1. The maximum absolute atomic E-state index is 12.2. The number of urea groups is 1. The van der Waals surface area contributed by atoms with Crippen LogP contribution in [-0.4, -0.2) is 91.8 Å². The summed E-state index contributed by atoms with van der Waals surface area (Å²) in [5.41, 5.74) is 0. The zero-order chi connectivity index (χ0) is 13.5. The van der Waals surface area contributed by atoms with E-state index in [4.69, 9.17) is 9.84 Å². The quantitative estimate of drug-likeness (QED) is 0.713. The molecule has 1 aliphatic rings. The highest BCUT2D eigenvalue weighted by atomic mass is 16.5. The van der Waals surface area contributed by atoms with Gasteiger partial charge in [0.1, 0.15) is 6.54 Å². The Kier molecular flexibility index (Phi) is 5.87. The van der Waals surface area contributed by atoms with E-state index in [1.54, 1.807) is 4.90 Å². The number of carboxylic acids is 1. The van der Waals surface area contributed by atoms with Crippen LogP contribution in [0.1, 0.15) is 0 Å². The number of carboxylic acid groups (broad SMARTS) is 1. The minimum absolute atomic E-state index is 0.220. The molecule has 0 aromatic rings. The van der Waals surface area contributed by atoms with Crippen molar-refractivity contribution in [1.29, 1.82) is 0 Å². The van der Waals surface area contributed by atoms with E-state index in [2.05, 4.69) is 0 Å². The monoisotopic (exact) mass is 259 g/mol. The van der Waals surface area contributed by atoms with Crippen molar-refractivity contribution in [2.45, 2.75) is 0 Å². The molecule has 7 nitrogen and oxygen atoms in total. The molecule has 1 aliphatic heterocycles. The molecule has 0 atom stereocenters. The van der Waals surface area contributed by atoms with Crippen LogP contribution in [0.25, 0.3) is 0 Å². The molecule has 0 spiro atoms. The largest absolute Gasteiger partial charge is 0.480 e. The molecule has 7 heteroatoms. The summed E-state index contributed by atoms with van der Waals surface area (Å²) in [5, 5.41) is 8.85. The summed E-state index contributed by atoms with van der Waals surface area (Å²) in [6, 6.07) is -0.220. The number of hydrogen-bond donors (Lipinski definition) is 1. The van der Waals surface area contributed by atoms with E-state index < -0.39 is 5.97 Å². The summed E-state index contributed by atoms with van der Waals surface area (Å²) >= 11 is 0. The highest BCUT2D eigenvalue weighted by Gasteiger charge is 2.24. The number of aliphatic carboxylic acids is 1. The first-order valence-corrected chi connectivity index (χ1v) is 5.99. The fraction of sp³-hybridized carbons (Fsp3) is 0.818. The van der Waals surface area contributed by atoms with Crippen LogP contribution in [0.2, 0.25) is 0 Å². The third-order valence-electron chi connectivity index (χ3n) is 2.70. The van der Waals surface area contributed by atoms with Crippen LogP contribution >= 0.6 is 0 Å². The molecule has 104 valence electrons. The number of morpholine rings is 1. The van der Waals surface area contributed by atoms with Gasteiger partial charge in [-0.25, -0.2) is 4.79 Å². The van der Waals surface area contributed by atoms with Gasteiger partial charge >= 0.3 is 12.0 Å². The average Bonchev–Trinajstić information content (AvgIpc) is 2.34. The molecule has 1 fully saturated rings. The Labute approximate surface area is 107 Å². The van der Waals surface area contributed by atoms with E-state index in [9.17, 15) is 9.59 Å². The lowest BCUT2D eigenvalue weighted by molar-refractivity contribution is -0.137. The number of carbonyl (C=O) groups excluding carboxylic acids is 1. The molecule has 0 aromatic carbocycles. The standard InChI is InChI=1S/C11H21N3O4/c1-12(2)3-4-14(9-10(15)16)11(17)13-5-7-18-8-6-13/h3-9H2,1-2H3,(H,15,16). The molecule has 0 aliphatic carbocycles. The number of rotatable bonds is 5. The minimum atomic E-state index is -0.990. The Morgan fingerprint density at radius 3 is 2.33 bits per heavy atom. The lowest BCUT2D eigenvalue weighted by atomic mass is 10.4. The van der Waals surface area contributed by atoms with Crippen LogP contribution in [-0.2, 0) is 9.53 Å². The van der Waals surface area contributed by atoms with Gasteiger partial charge in [-0.3, -0.25) is 4.79 Å². The average molecular weight is 259 g/mol. The number of amides is 2. The second-order valence-electron chi connectivity index (χ2n) is 4.50. The van der Waals surface area contributed by atoms with Crippen LogP contribution in [0.5, 0.6) is 0 Å². The summed E-state index contributed by atoms with van der Waals surface area (Å²) in [4.78, 5) is 27.9. The third kappa shape index (κ3) is 4.89. The first-order chi connectivity index (χ1) is 8.50. The van der Waals surface area contributed by atoms with Gasteiger partial charge in [-0.15, -0.1) is 0 Å². The lowest BCUT2D eigenvalue weighted by Gasteiger charge is -2.32. The second kappa shape index (κ2) is 7.17. The Morgan fingerprint density at radius 1 is 1.22 bits per heavy atom. The molecule has 0 bridgehead atoms. The van der Waals surface area contributed by atoms with E-state index in [1.165, 1.54) is 4.90 Å². The maximum atomic E-state index is 12.2. The number of carbonyl (C=O) groups is 2. The van der Waals surface area contributed by atoms with Crippen molar-refractivity contribution >= 4 is 12.0 Å². The van der Waals surface area contributed by atoms with Gasteiger partial charge < -0.3 is 24.5 Å². The molecule has 0 aromatic heterocycles. The Balaban J connectivity index is 2.55. The van der Waals surface area contributed by atoms with Gasteiger partial charge in [0.05, 0.1) is 13.2 Å². The highest BCUT2D eigenvalue weighted by Crippen LogP contribution is 2.03. The Morgan fingerprint density at radius 2 is 1.83 bits per heavy atom. The van der Waals surface area contributed by atoms with Crippen LogP contribution in [0, 0.1) is 0 Å². The fourth-order valence-electron chi connectivity index (χ4n) is 1.68. The second-order valence-corrected chi connectivity index (χ2v) is 4.50. The van der Waals surface area contributed by atoms with E-state index in [0.29, 0.717) is 39.4 Å². The van der Waals surface area contributed by atoms with E-state index in [-0.39, 0.29) is 12.6 Å². The summed E-state index contributed by atoms with van der Waals surface area (Å²) in [7, 11) is 3.77. The summed E-state index contributed by atoms with van der Waals surface area (Å²) < 4.78 is 5.17. The highest BCUT2D eigenvalue weighted by molar-refractivity contribution is 5.80. The number of nitrogens with zero attached hydrogens (tertiary/aromatic N) is 3. The molecule has 2 amide bonds. The van der Waals surface area contributed by atoms with E-state index in [1.807, 2.05) is 19.0 Å². The van der Waals surface area contributed by atoms with E-state index in [0.717, 1.165) is 0 Å². The molecular formula is C11H21N3O4. The van der Waals surface area contributed by atoms with Gasteiger partial charge in [0.15, 0.2) is 0 Å². The molecule has 0 unspecified atom stereocenters. The Bertz CT molecular complexity index is 290.